The van der Waals surface area contributed by atoms with Crippen molar-refractivity contribution in [2.24, 2.45) is 0 Å². The average Bonchev–Trinajstić information content (AvgIpc) is 2.65. The minimum absolute atomic E-state index is 0.102. The second kappa shape index (κ2) is 9.72. The van der Waals surface area contributed by atoms with Crippen LogP contribution in [0, 0.1) is 0 Å². The number of nitrogens with zero attached hydrogens (tertiary/aromatic N) is 2. The van der Waals surface area contributed by atoms with Crippen molar-refractivity contribution in [2.45, 2.75) is 25.6 Å². The average molecular weight is 396 g/mol. The number of aliphatic carboxylic acids is 1. The Morgan fingerprint density at radius 1 is 1.14 bits per heavy atom. The lowest BCUT2D eigenvalue weighted by Crippen LogP contribution is -2.32. The number of pyridine rings is 1. The summed E-state index contributed by atoms with van der Waals surface area (Å²) in [5.41, 5.74) is 0.951. The Balaban J connectivity index is 2.14. The van der Waals surface area contributed by atoms with E-state index < -0.39 is 24.7 Å². The molecule has 6 nitrogen and oxygen atoms in total. The van der Waals surface area contributed by atoms with Crippen LogP contribution in [0.1, 0.15) is 28.8 Å². The normalized spacial score (nSPS) is 11.1. The molecule has 0 spiro atoms. The van der Waals surface area contributed by atoms with Crippen molar-refractivity contribution in [3.8, 4) is 5.88 Å². The van der Waals surface area contributed by atoms with Gasteiger partial charge in [0.05, 0.1) is 0 Å². The van der Waals surface area contributed by atoms with Crippen molar-refractivity contribution in [3.05, 3.63) is 59.8 Å². The Hall–Kier alpha value is -3.10. The maximum absolute atomic E-state index is 12.9. The molecular weight excluding hydrogens is 377 g/mol. The number of halogens is 3. The predicted molar refractivity (Wildman–Crippen MR) is 93.8 cm³/mol. The van der Waals surface area contributed by atoms with Gasteiger partial charge in [0.2, 0.25) is 5.88 Å². The quantitative estimate of drug-likeness (QED) is 0.702. The zero-order valence-corrected chi connectivity index (χ0v) is 14.9. The number of hydrogen-bond acceptors (Lipinski definition) is 4. The number of hydrogen-bond donors (Lipinski definition) is 1. The highest BCUT2D eigenvalue weighted by molar-refractivity contribution is 5.94. The number of carboxylic acid groups (broad SMARTS) is 1. The molecule has 0 saturated carbocycles. The van der Waals surface area contributed by atoms with Gasteiger partial charge in [-0.05, 0) is 18.1 Å². The van der Waals surface area contributed by atoms with Crippen LogP contribution in [-0.4, -0.2) is 46.2 Å². The molecule has 0 aliphatic carbocycles. The van der Waals surface area contributed by atoms with Crippen molar-refractivity contribution in [1.29, 1.82) is 0 Å². The fourth-order valence-electron chi connectivity index (χ4n) is 2.44. The minimum atomic E-state index is -4.52. The van der Waals surface area contributed by atoms with Gasteiger partial charge in [-0.2, -0.15) is 13.2 Å². The molecule has 0 aliphatic rings. The predicted octanol–water partition coefficient (Wildman–Crippen LogP) is 3.53. The molecule has 28 heavy (non-hydrogen) atoms. The number of carboxylic acids is 1. The lowest BCUT2D eigenvalue weighted by molar-refractivity contribution is -0.154. The first kappa shape index (κ1) is 21.2. The highest BCUT2D eigenvalue weighted by Crippen LogP contribution is 2.19. The summed E-state index contributed by atoms with van der Waals surface area (Å²) in [7, 11) is 0. The molecule has 1 aromatic carbocycles. The van der Waals surface area contributed by atoms with Crippen LogP contribution in [-0.2, 0) is 11.3 Å². The molecule has 0 unspecified atom stereocenters. The molecule has 0 bridgehead atoms. The van der Waals surface area contributed by atoms with Crippen LogP contribution < -0.4 is 4.74 Å². The third-order valence-corrected chi connectivity index (χ3v) is 3.69. The third-order valence-electron chi connectivity index (χ3n) is 3.69. The SMILES string of the molecule is O=C(O)CCCN(Cc1ccccc1)C(=O)c1ccnc(OCC(F)(F)F)c1. The first-order valence-electron chi connectivity index (χ1n) is 8.45. The van der Waals surface area contributed by atoms with Crippen molar-refractivity contribution in [2.75, 3.05) is 13.2 Å². The maximum atomic E-state index is 12.9. The van der Waals surface area contributed by atoms with E-state index in [1.54, 1.807) is 0 Å². The van der Waals surface area contributed by atoms with Crippen LogP contribution >= 0.6 is 0 Å². The summed E-state index contributed by atoms with van der Waals surface area (Å²) in [5, 5.41) is 8.81. The molecule has 0 fully saturated rings. The lowest BCUT2D eigenvalue weighted by atomic mass is 10.1. The maximum Gasteiger partial charge on any atom is 0.422 e. The number of alkyl halides is 3. The van der Waals surface area contributed by atoms with E-state index in [4.69, 9.17) is 5.11 Å². The summed E-state index contributed by atoms with van der Waals surface area (Å²) in [6.45, 7) is -1.09. The molecule has 150 valence electrons. The standard InChI is InChI=1S/C19H19F3N2O4/c20-19(21,22)13-28-16-11-15(8-9-23-16)18(27)24(10-4-7-17(25)26)12-14-5-2-1-3-6-14/h1-3,5-6,8-9,11H,4,7,10,12-13H2,(H,25,26). The smallest absolute Gasteiger partial charge is 0.422 e. The highest BCUT2D eigenvalue weighted by Gasteiger charge is 2.29. The Morgan fingerprint density at radius 2 is 1.86 bits per heavy atom. The molecule has 2 rings (SSSR count). The summed E-state index contributed by atoms with van der Waals surface area (Å²) >= 11 is 0. The second-order valence-electron chi connectivity index (χ2n) is 6.00. The Morgan fingerprint density at radius 3 is 2.50 bits per heavy atom. The number of carbonyl (C=O) groups excluding carboxylic acids is 1. The first-order valence-corrected chi connectivity index (χ1v) is 8.45. The second-order valence-corrected chi connectivity index (χ2v) is 6.00. The van der Waals surface area contributed by atoms with E-state index in [1.807, 2.05) is 30.3 Å². The van der Waals surface area contributed by atoms with Gasteiger partial charge >= 0.3 is 12.1 Å². The van der Waals surface area contributed by atoms with E-state index >= 15 is 0 Å². The molecule has 1 amide bonds. The van der Waals surface area contributed by atoms with Crippen molar-refractivity contribution < 1.29 is 32.6 Å². The van der Waals surface area contributed by atoms with Crippen LogP contribution in [0.5, 0.6) is 5.88 Å². The molecule has 0 radical (unpaired) electrons. The fraction of sp³-hybridized carbons (Fsp3) is 0.316. The minimum Gasteiger partial charge on any atom is -0.481 e. The largest absolute Gasteiger partial charge is 0.481 e. The first-order chi connectivity index (χ1) is 13.2. The van der Waals surface area contributed by atoms with Gasteiger partial charge in [-0.3, -0.25) is 9.59 Å². The fourth-order valence-corrected chi connectivity index (χ4v) is 2.44. The van der Waals surface area contributed by atoms with Crippen LogP contribution in [0.25, 0.3) is 0 Å². The van der Waals surface area contributed by atoms with Crippen LogP contribution in [0.3, 0.4) is 0 Å². The van der Waals surface area contributed by atoms with E-state index in [2.05, 4.69) is 9.72 Å². The van der Waals surface area contributed by atoms with E-state index in [9.17, 15) is 22.8 Å². The van der Waals surface area contributed by atoms with Gasteiger partial charge in [-0.25, -0.2) is 4.98 Å². The van der Waals surface area contributed by atoms with Gasteiger partial charge in [-0.15, -0.1) is 0 Å². The molecular formula is C19H19F3N2O4. The molecule has 1 N–H and O–H groups in total. The van der Waals surface area contributed by atoms with Gasteiger partial charge < -0.3 is 14.7 Å². The number of rotatable bonds is 9. The Labute approximate surface area is 159 Å². The molecule has 0 saturated heterocycles. The van der Waals surface area contributed by atoms with Crippen LogP contribution in [0.2, 0.25) is 0 Å². The van der Waals surface area contributed by atoms with Gasteiger partial charge in [0.1, 0.15) is 0 Å². The molecule has 9 heteroatoms. The number of carbonyl (C=O) groups is 2. The Kier molecular flexibility index (Phi) is 7.36. The topological polar surface area (TPSA) is 79.7 Å². The number of benzene rings is 1. The molecule has 0 atom stereocenters. The summed E-state index contributed by atoms with van der Waals surface area (Å²) in [4.78, 5) is 28.7. The van der Waals surface area contributed by atoms with Crippen LogP contribution in [0.4, 0.5) is 13.2 Å². The number of aromatic nitrogens is 1. The van der Waals surface area contributed by atoms with Gasteiger partial charge in [-0.1, -0.05) is 30.3 Å². The van der Waals surface area contributed by atoms with E-state index in [1.165, 1.54) is 17.2 Å². The molecule has 1 heterocycles. The molecule has 0 aliphatic heterocycles. The number of ether oxygens (including phenoxy) is 1. The monoisotopic (exact) mass is 396 g/mol. The van der Waals surface area contributed by atoms with Crippen molar-refractivity contribution in [3.63, 3.8) is 0 Å². The van der Waals surface area contributed by atoms with E-state index in [-0.39, 0.29) is 37.4 Å². The van der Waals surface area contributed by atoms with Crippen molar-refractivity contribution in [1.82, 2.24) is 9.88 Å². The van der Waals surface area contributed by atoms with E-state index in [0.29, 0.717) is 0 Å². The van der Waals surface area contributed by atoms with Gasteiger partial charge in [0.15, 0.2) is 6.61 Å². The molecule has 1 aromatic heterocycles. The zero-order valence-electron chi connectivity index (χ0n) is 14.9. The van der Waals surface area contributed by atoms with Crippen molar-refractivity contribution >= 4 is 11.9 Å². The summed E-state index contributed by atoms with van der Waals surface area (Å²) in [5.74, 6) is -1.74. The summed E-state index contributed by atoms with van der Waals surface area (Å²) in [6.07, 6.45) is -3.18. The Bertz CT molecular complexity index is 797. The van der Waals surface area contributed by atoms with E-state index in [0.717, 1.165) is 11.6 Å². The lowest BCUT2D eigenvalue weighted by Gasteiger charge is -2.23. The number of amides is 1. The van der Waals surface area contributed by atoms with Gasteiger partial charge in [0.25, 0.3) is 5.91 Å². The summed E-state index contributed by atoms with van der Waals surface area (Å²) < 4.78 is 41.5. The van der Waals surface area contributed by atoms with Crippen LogP contribution in [0.15, 0.2) is 48.7 Å². The van der Waals surface area contributed by atoms with Gasteiger partial charge in [0, 0.05) is 37.3 Å². The summed E-state index contributed by atoms with van der Waals surface area (Å²) in [6, 6.07) is 11.6. The highest BCUT2D eigenvalue weighted by atomic mass is 19.4. The third kappa shape index (κ3) is 7.26. The zero-order chi connectivity index (χ0) is 20.6. The molecule has 2 aromatic rings.